The quantitative estimate of drug-likeness (QED) is 0.138. The van der Waals surface area contributed by atoms with Crippen LogP contribution in [0.4, 0.5) is 33.2 Å². The highest BCUT2D eigenvalue weighted by Crippen LogP contribution is 2.33. The SMILES string of the molecule is CS(=O)(=O)n1ccc2cccc(Nc3nc(Nc4ccc(N5CCC(N6CCN(CCc7ccc(C8CCC(=O)NC8=O)cc7)CC6)CC5)c(F)c4)ncc3Cl)c21. The number of piperidine rings is 2. The molecule has 1 unspecified atom stereocenters. The number of nitrogens with one attached hydrogen (secondary N) is 3. The molecule has 298 valence electrons. The molecule has 3 saturated heterocycles. The molecular formula is C41H45ClFN9O4S. The summed E-state index contributed by atoms with van der Waals surface area (Å²) in [6.07, 6.45) is 7.90. The maximum absolute atomic E-state index is 15.6. The minimum atomic E-state index is -3.56. The van der Waals surface area contributed by atoms with Crippen LogP contribution in [0.2, 0.25) is 5.02 Å². The van der Waals surface area contributed by atoms with Crippen LogP contribution < -0.4 is 20.9 Å². The van der Waals surface area contributed by atoms with Gasteiger partial charge in [0.2, 0.25) is 27.8 Å². The normalized spacial score (nSPS) is 18.9. The van der Waals surface area contributed by atoms with Crippen LogP contribution in [-0.2, 0) is 26.0 Å². The van der Waals surface area contributed by atoms with Crippen molar-refractivity contribution in [3.8, 4) is 0 Å². The number of hydrogen-bond donors (Lipinski definition) is 3. The molecule has 0 spiro atoms. The van der Waals surface area contributed by atoms with E-state index in [1.54, 1.807) is 30.3 Å². The summed E-state index contributed by atoms with van der Waals surface area (Å²) in [5.41, 5.74) is 4.22. The molecule has 13 nitrogen and oxygen atoms in total. The fourth-order valence-corrected chi connectivity index (χ4v) is 9.15. The maximum Gasteiger partial charge on any atom is 0.236 e. The highest BCUT2D eigenvalue weighted by atomic mass is 35.5. The highest BCUT2D eigenvalue weighted by molar-refractivity contribution is 7.89. The molecule has 0 radical (unpaired) electrons. The van der Waals surface area contributed by atoms with Crippen molar-refractivity contribution in [1.82, 2.24) is 29.1 Å². The van der Waals surface area contributed by atoms with E-state index in [2.05, 4.69) is 52.8 Å². The fourth-order valence-electron chi connectivity index (χ4n) is 8.19. The topological polar surface area (TPSA) is 145 Å². The average molecular weight is 814 g/mol. The first-order valence-electron chi connectivity index (χ1n) is 19.3. The van der Waals surface area contributed by atoms with Crippen molar-refractivity contribution in [3.05, 3.63) is 101 Å². The number of nitrogens with zero attached hydrogens (tertiary/aromatic N) is 6. The lowest BCUT2D eigenvalue weighted by Crippen LogP contribution is -2.53. The van der Waals surface area contributed by atoms with Crippen LogP contribution in [0.3, 0.4) is 0 Å². The molecule has 0 bridgehead atoms. The molecule has 8 rings (SSSR count). The zero-order chi connectivity index (χ0) is 39.7. The number of rotatable bonds is 11. The zero-order valence-electron chi connectivity index (χ0n) is 31.6. The molecule has 5 heterocycles. The fraction of sp³-hybridized carbons (Fsp3) is 0.366. The van der Waals surface area contributed by atoms with Crippen LogP contribution in [0.1, 0.15) is 42.7 Å². The first kappa shape index (κ1) is 38.8. The molecule has 57 heavy (non-hydrogen) atoms. The van der Waals surface area contributed by atoms with Crippen molar-refractivity contribution in [2.75, 3.05) is 67.6 Å². The Morgan fingerprint density at radius 1 is 0.930 bits per heavy atom. The minimum Gasteiger partial charge on any atom is -0.369 e. The highest BCUT2D eigenvalue weighted by Gasteiger charge is 2.30. The van der Waals surface area contributed by atoms with Crippen LogP contribution >= 0.6 is 11.6 Å². The molecule has 3 aliphatic heterocycles. The number of carbonyl (C=O) groups is 2. The number of halogens is 2. The van der Waals surface area contributed by atoms with Crippen LogP contribution in [0, 0.1) is 5.82 Å². The van der Waals surface area contributed by atoms with Gasteiger partial charge in [0.15, 0.2) is 5.82 Å². The summed E-state index contributed by atoms with van der Waals surface area (Å²) in [4.78, 5) is 39.7. The predicted octanol–water partition coefficient (Wildman–Crippen LogP) is 5.87. The molecular weight excluding hydrogens is 769 g/mol. The van der Waals surface area contributed by atoms with Gasteiger partial charge in [0.05, 0.1) is 35.3 Å². The number of benzene rings is 3. The van der Waals surface area contributed by atoms with Gasteiger partial charge in [-0.15, -0.1) is 0 Å². The lowest BCUT2D eigenvalue weighted by molar-refractivity contribution is -0.134. The molecule has 3 aromatic carbocycles. The monoisotopic (exact) mass is 813 g/mol. The smallest absolute Gasteiger partial charge is 0.236 e. The third-order valence-electron chi connectivity index (χ3n) is 11.3. The van der Waals surface area contributed by atoms with Crippen molar-refractivity contribution in [3.63, 3.8) is 0 Å². The molecule has 3 fully saturated rings. The zero-order valence-corrected chi connectivity index (χ0v) is 33.2. The molecule has 2 amide bonds. The lowest BCUT2D eigenvalue weighted by atomic mass is 9.90. The number of para-hydroxylation sites is 1. The molecule has 3 N–H and O–H groups in total. The van der Waals surface area contributed by atoms with E-state index in [9.17, 15) is 18.0 Å². The Labute approximate surface area is 336 Å². The predicted molar refractivity (Wildman–Crippen MR) is 221 cm³/mol. The number of fused-ring (bicyclic) bond motifs is 1. The largest absolute Gasteiger partial charge is 0.369 e. The Balaban J connectivity index is 0.811. The Hall–Kier alpha value is -5.09. The molecule has 1 atom stereocenters. The van der Waals surface area contributed by atoms with Gasteiger partial charge in [-0.1, -0.05) is 48.0 Å². The van der Waals surface area contributed by atoms with E-state index < -0.39 is 10.0 Å². The summed E-state index contributed by atoms with van der Waals surface area (Å²) in [5.74, 6) is -0.523. The second-order valence-electron chi connectivity index (χ2n) is 15.0. The number of piperazine rings is 1. The van der Waals surface area contributed by atoms with E-state index in [4.69, 9.17) is 11.6 Å². The van der Waals surface area contributed by atoms with Crippen molar-refractivity contribution < 1.29 is 22.4 Å². The molecule has 3 aliphatic rings. The van der Waals surface area contributed by atoms with E-state index in [0.717, 1.165) is 82.3 Å². The van der Waals surface area contributed by atoms with Crippen molar-refractivity contribution in [1.29, 1.82) is 0 Å². The third kappa shape index (κ3) is 8.76. The van der Waals surface area contributed by atoms with Crippen LogP contribution in [-0.4, -0.2) is 102 Å². The summed E-state index contributed by atoms with van der Waals surface area (Å²) < 4.78 is 41.6. The van der Waals surface area contributed by atoms with Gasteiger partial charge in [-0.25, -0.2) is 21.8 Å². The van der Waals surface area contributed by atoms with Gasteiger partial charge in [0.25, 0.3) is 0 Å². The molecule has 0 aliphatic carbocycles. The van der Waals surface area contributed by atoms with Crippen molar-refractivity contribution in [2.45, 2.75) is 44.1 Å². The van der Waals surface area contributed by atoms with E-state index in [1.807, 2.05) is 18.2 Å². The number of imide groups is 1. The Morgan fingerprint density at radius 2 is 1.70 bits per heavy atom. The van der Waals surface area contributed by atoms with Crippen molar-refractivity contribution in [2.24, 2.45) is 0 Å². The van der Waals surface area contributed by atoms with Crippen LogP contribution in [0.15, 0.2) is 79.1 Å². The van der Waals surface area contributed by atoms with Gasteiger partial charge in [-0.3, -0.25) is 19.8 Å². The van der Waals surface area contributed by atoms with Gasteiger partial charge in [-0.05, 0) is 67.1 Å². The number of amides is 2. The Kier molecular flexibility index (Phi) is 11.2. The van der Waals surface area contributed by atoms with Gasteiger partial charge < -0.3 is 20.4 Å². The maximum atomic E-state index is 15.6. The van der Waals surface area contributed by atoms with Crippen LogP contribution in [0.25, 0.3) is 10.9 Å². The van der Waals surface area contributed by atoms with E-state index >= 15 is 4.39 Å². The van der Waals surface area contributed by atoms with Crippen LogP contribution in [0.5, 0.6) is 0 Å². The molecule has 0 saturated carbocycles. The lowest BCUT2D eigenvalue weighted by Gasteiger charge is -2.43. The van der Waals surface area contributed by atoms with Gasteiger partial charge in [0, 0.05) is 75.5 Å². The number of anilines is 5. The van der Waals surface area contributed by atoms with Gasteiger partial charge >= 0.3 is 0 Å². The first-order valence-corrected chi connectivity index (χ1v) is 21.5. The Morgan fingerprint density at radius 3 is 2.42 bits per heavy atom. The van der Waals surface area contributed by atoms with E-state index in [0.29, 0.717) is 41.5 Å². The number of hydrogen-bond acceptors (Lipinski definition) is 11. The first-order chi connectivity index (χ1) is 27.5. The summed E-state index contributed by atoms with van der Waals surface area (Å²) in [6.45, 7) is 6.58. The molecule has 5 aromatic rings. The van der Waals surface area contributed by atoms with E-state index in [1.165, 1.54) is 28.0 Å². The Bertz CT molecular complexity index is 2400. The van der Waals surface area contributed by atoms with Gasteiger partial charge in [-0.2, -0.15) is 4.98 Å². The summed E-state index contributed by atoms with van der Waals surface area (Å²) in [5, 5.41) is 9.62. The molecule has 2 aromatic heterocycles. The summed E-state index contributed by atoms with van der Waals surface area (Å²) in [7, 11) is -3.56. The minimum absolute atomic E-state index is 0.192. The van der Waals surface area contributed by atoms with Gasteiger partial charge in [0.1, 0.15) is 10.8 Å². The standard InChI is InChI=1S/C41H45ClFN9O4S/c1-57(55,56)52-20-14-29-3-2-4-35(38(29)52)46-39-33(42)26-44-41(48-39)45-30-9-11-36(34(43)25-30)51-18-15-31(16-19-51)50-23-21-49(22-24-50)17-13-27-5-7-28(8-6-27)32-10-12-37(53)47-40(32)54/h2-9,11,14,20,25-26,31-32H,10,12-13,15-19,21-24H2,1H3,(H,47,53,54)(H2,44,45,46,48). The van der Waals surface area contributed by atoms with E-state index in [-0.39, 0.29) is 40.3 Å². The second kappa shape index (κ2) is 16.4. The summed E-state index contributed by atoms with van der Waals surface area (Å²) in [6, 6.07) is 20.8. The summed E-state index contributed by atoms with van der Waals surface area (Å²) >= 11 is 6.44. The number of carbonyl (C=O) groups excluding carboxylic acids is 2. The third-order valence-corrected chi connectivity index (χ3v) is 12.6. The molecule has 16 heteroatoms. The van der Waals surface area contributed by atoms with Crippen molar-refractivity contribution >= 4 is 73.2 Å². The second-order valence-corrected chi connectivity index (χ2v) is 17.3. The number of aromatic nitrogens is 3. The average Bonchev–Trinajstić information content (AvgIpc) is 3.66.